The van der Waals surface area contributed by atoms with E-state index in [2.05, 4.69) is 41.3 Å². The number of hydrogen-bond donors (Lipinski definition) is 6. The molecule has 1 aromatic heterocycles. The molecule has 0 saturated heterocycles. The number of aromatic nitrogens is 3. The van der Waals surface area contributed by atoms with E-state index in [0.29, 0.717) is 10.0 Å². The molecule has 0 aliphatic heterocycles. The van der Waals surface area contributed by atoms with Crippen LogP contribution < -0.4 is 16.2 Å². The fraction of sp³-hybridized carbons (Fsp3) is 0.190. The summed E-state index contributed by atoms with van der Waals surface area (Å²) in [6.07, 6.45) is 3.08. The molecule has 0 fully saturated rings. The van der Waals surface area contributed by atoms with Crippen molar-refractivity contribution in [2.45, 2.75) is 5.54 Å². The van der Waals surface area contributed by atoms with Crippen LogP contribution in [0.2, 0.25) is 10.0 Å². The minimum absolute atomic E-state index is 0.0367. The molecule has 2 aromatic carbocycles. The maximum absolute atomic E-state index is 9.60. The highest BCUT2D eigenvalue weighted by atomic mass is 35.5. The lowest BCUT2D eigenvalue weighted by atomic mass is 10.0. The van der Waals surface area contributed by atoms with Crippen molar-refractivity contribution in [2.75, 3.05) is 36.0 Å². The molecule has 0 aliphatic carbocycles. The first-order valence-corrected chi connectivity index (χ1v) is 10.7. The van der Waals surface area contributed by atoms with Gasteiger partial charge in [0.15, 0.2) is 0 Å². The molecule has 1 heterocycles. The van der Waals surface area contributed by atoms with Gasteiger partial charge in [0.2, 0.25) is 17.8 Å². The number of nitrogens with one attached hydrogen (secondary N) is 3. The van der Waals surface area contributed by atoms with Crippen LogP contribution in [0.15, 0.2) is 58.7 Å². The van der Waals surface area contributed by atoms with E-state index in [0.717, 1.165) is 11.1 Å². The van der Waals surface area contributed by atoms with Crippen molar-refractivity contribution in [3.05, 3.63) is 69.7 Å². The molecule has 0 radical (unpaired) electrons. The van der Waals surface area contributed by atoms with Crippen LogP contribution in [0.3, 0.4) is 0 Å². The standard InChI is InChI=1S/C21H22Cl2N8O3/c22-16-5-1-14(2-6-16)9-24-30-19-26-18(29-21(11-32,12-33)13-34)27-20(28-19)31-25-10-15-3-7-17(23)8-4-15/h1-10,32-34H,11-13H2,(H3,26,27,28,29,30,31)/b24-9+,25-10+. The van der Waals surface area contributed by atoms with Crippen LogP contribution in [0.4, 0.5) is 17.8 Å². The quantitative estimate of drug-likeness (QED) is 0.170. The summed E-state index contributed by atoms with van der Waals surface area (Å²) < 4.78 is 0. The van der Waals surface area contributed by atoms with E-state index in [1.54, 1.807) is 61.0 Å². The van der Waals surface area contributed by atoms with Crippen LogP contribution >= 0.6 is 23.2 Å². The third kappa shape index (κ3) is 7.33. The van der Waals surface area contributed by atoms with Gasteiger partial charge in [0.05, 0.1) is 32.2 Å². The van der Waals surface area contributed by atoms with E-state index >= 15 is 0 Å². The number of halogens is 2. The maximum Gasteiger partial charge on any atom is 0.250 e. The summed E-state index contributed by atoms with van der Waals surface area (Å²) in [4.78, 5) is 12.5. The van der Waals surface area contributed by atoms with Gasteiger partial charge in [-0.3, -0.25) is 0 Å². The summed E-state index contributed by atoms with van der Waals surface area (Å²) in [5, 5.41) is 40.9. The van der Waals surface area contributed by atoms with Crippen molar-refractivity contribution in [3.63, 3.8) is 0 Å². The van der Waals surface area contributed by atoms with Gasteiger partial charge in [0.25, 0.3) is 0 Å². The number of benzene rings is 2. The molecule has 13 heteroatoms. The molecule has 3 rings (SSSR count). The number of aliphatic hydroxyl groups excluding tert-OH is 3. The number of nitrogens with zero attached hydrogens (tertiary/aromatic N) is 5. The Balaban J connectivity index is 1.81. The fourth-order valence-electron chi connectivity index (χ4n) is 2.46. The Kier molecular flexibility index (Phi) is 9.08. The molecular weight excluding hydrogens is 483 g/mol. The first-order valence-electron chi connectivity index (χ1n) is 9.91. The zero-order chi connectivity index (χ0) is 24.4. The Morgan fingerprint density at radius 2 is 1.06 bits per heavy atom. The van der Waals surface area contributed by atoms with Crippen molar-refractivity contribution < 1.29 is 15.3 Å². The van der Waals surface area contributed by atoms with Gasteiger partial charge in [-0.25, -0.2) is 10.9 Å². The van der Waals surface area contributed by atoms with Crippen molar-refractivity contribution >= 4 is 53.5 Å². The maximum atomic E-state index is 9.60. The molecule has 0 aliphatic rings. The monoisotopic (exact) mass is 504 g/mol. The lowest BCUT2D eigenvalue weighted by Gasteiger charge is -2.28. The van der Waals surface area contributed by atoms with E-state index in [1.807, 2.05) is 0 Å². The number of rotatable bonds is 11. The molecule has 178 valence electrons. The topological polar surface area (TPSA) is 160 Å². The normalized spacial score (nSPS) is 11.8. The smallest absolute Gasteiger partial charge is 0.250 e. The summed E-state index contributed by atoms with van der Waals surface area (Å²) in [5.41, 5.74) is 5.49. The molecule has 11 nitrogen and oxygen atoms in total. The largest absolute Gasteiger partial charge is 0.394 e. The van der Waals surface area contributed by atoms with Gasteiger partial charge in [-0.2, -0.15) is 25.2 Å². The number of anilines is 3. The highest BCUT2D eigenvalue weighted by Gasteiger charge is 2.29. The van der Waals surface area contributed by atoms with Gasteiger partial charge < -0.3 is 20.6 Å². The predicted octanol–water partition coefficient (Wildman–Crippen LogP) is 2.20. The number of hydrogen-bond acceptors (Lipinski definition) is 11. The van der Waals surface area contributed by atoms with Gasteiger partial charge in [-0.05, 0) is 35.4 Å². The molecule has 0 unspecified atom stereocenters. The average Bonchev–Trinajstić information content (AvgIpc) is 2.85. The van der Waals surface area contributed by atoms with Crippen LogP contribution in [0, 0.1) is 0 Å². The Bertz CT molecular complexity index is 1040. The Hall–Kier alpha value is -3.35. The summed E-state index contributed by atoms with van der Waals surface area (Å²) in [5.74, 6) is 0.0322. The molecule has 6 N–H and O–H groups in total. The molecule has 0 spiro atoms. The zero-order valence-electron chi connectivity index (χ0n) is 17.7. The molecule has 0 amide bonds. The van der Waals surface area contributed by atoms with Gasteiger partial charge in [-0.1, -0.05) is 47.5 Å². The van der Waals surface area contributed by atoms with Crippen molar-refractivity contribution in [2.24, 2.45) is 10.2 Å². The van der Waals surface area contributed by atoms with Gasteiger partial charge in [0, 0.05) is 10.0 Å². The first-order chi connectivity index (χ1) is 16.4. The Morgan fingerprint density at radius 1 is 0.676 bits per heavy atom. The van der Waals surface area contributed by atoms with E-state index in [4.69, 9.17) is 23.2 Å². The van der Waals surface area contributed by atoms with E-state index < -0.39 is 25.4 Å². The second-order valence-electron chi connectivity index (χ2n) is 7.03. The lowest BCUT2D eigenvalue weighted by molar-refractivity contribution is 0.0828. The van der Waals surface area contributed by atoms with Gasteiger partial charge in [-0.15, -0.1) is 0 Å². The summed E-state index contributed by atoms with van der Waals surface area (Å²) in [7, 11) is 0. The Morgan fingerprint density at radius 3 is 1.44 bits per heavy atom. The molecule has 0 atom stereocenters. The third-order valence-corrected chi connectivity index (χ3v) is 4.92. The zero-order valence-corrected chi connectivity index (χ0v) is 19.2. The van der Waals surface area contributed by atoms with Crippen molar-refractivity contribution in [1.29, 1.82) is 0 Å². The minimum Gasteiger partial charge on any atom is -0.394 e. The first kappa shape index (κ1) is 25.3. The second kappa shape index (κ2) is 12.2. The highest BCUT2D eigenvalue weighted by molar-refractivity contribution is 6.30. The van der Waals surface area contributed by atoms with Crippen LogP contribution in [0.5, 0.6) is 0 Å². The highest BCUT2D eigenvalue weighted by Crippen LogP contribution is 2.15. The summed E-state index contributed by atoms with van der Waals surface area (Å²) >= 11 is 11.8. The average molecular weight is 505 g/mol. The Labute approximate surface area is 205 Å². The fourth-order valence-corrected chi connectivity index (χ4v) is 2.72. The van der Waals surface area contributed by atoms with Crippen molar-refractivity contribution in [1.82, 2.24) is 15.0 Å². The van der Waals surface area contributed by atoms with Crippen LogP contribution in [0.25, 0.3) is 0 Å². The SMILES string of the molecule is OCC(CO)(CO)Nc1nc(N/N=C/c2ccc(Cl)cc2)nc(N/N=C/c2ccc(Cl)cc2)n1. The van der Waals surface area contributed by atoms with Crippen LogP contribution in [-0.4, -0.2) is 68.1 Å². The second-order valence-corrected chi connectivity index (χ2v) is 7.90. The molecule has 34 heavy (non-hydrogen) atoms. The summed E-state index contributed by atoms with van der Waals surface area (Å²) in [6, 6.07) is 14.0. The number of hydrazone groups is 2. The minimum atomic E-state index is -1.45. The van der Waals surface area contributed by atoms with E-state index in [9.17, 15) is 15.3 Å². The molecular formula is C21H22Cl2N8O3. The van der Waals surface area contributed by atoms with E-state index in [-0.39, 0.29) is 17.8 Å². The number of aliphatic hydroxyl groups is 3. The molecule has 0 saturated carbocycles. The van der Waals surface area contributed by atoms with Crippen LogP contribution in [-0.2, 0) is 0 Å². The third-order valence-electron chi connectivity index (χ3n) is 4.42. The van der Waals surface area contributed by atoms with Crippen molar-refractivity contribution in [3.8, 4) is 0 Å². The van der Waals surface area contributed by atoms with E-state index in [1.165, 1.54) is 0 Å². The van der Waals surface area contributed by atoms with Gasteiger partial charge in [0.1, 0.15) is 5.54 Å². The summed E-state index contributed by atoms with van der Waals surface area (Å²) in [6.45, 7) is -1.71. The molecule has 0 bridgehead atoms. The lowest BCUT2D eigenvalue weighted by Crippen LogP contribution is -2.49. The predicted molar refractivity (Wildman–Crippen MR) is 133 cm³/mol. The van der Waals surface area contributed by atoms with Gasteiger partial charge >= 0.3 is 0 Å². The molecule has 3 aromatic rings. The van der Waals surface area contributed by atoms with Crippen LogP contribution in [0.1, 0.15) is 11.1 Å².